The number of aromatic nitrogens is 1. The molecule has 0 aliphatic heterocycles. The summed E-state index contributed by atoms with van der Waals surface area (Å²) in [6.45, 7) is -0.498. The highest BCUT2D eigenvalue weighted by molar-refractivity contribution is 6.33. The summed E-state index contributed by atoms with van der Waals surface area (Å²) in [5.74, 6) is -0.494. The van der Waals surface area contributed by atoms with Crippen molar-refractivity contribution < 1.29 is 18.9 Å². The summed E-state index contributed by atoms with van der Waals surface area (Å²) in [5, 5.41) is 24.5. The molecular weight excluding hydrogens is 339 g/mol. The molecule has 24 heavy (non-hydrogen) atoms. The molecule has 6 nitrogen and oxygen atoms in total. The first-order valence-corrected chi connectivity index (χ1v) is 7.19. The molecule has 0 atom stereocenters. The minimum atomic E-state index is -0.615. The van der Waals surface area contributed by atoms with Crippen molar-refractivity contribution in [2.24, 2.45) is 0 Å². The number of nitro benzene ring substituents is 1. The third-order valence-corrected chi connectivity index (χ3v) is 3.78. The van der Waals surface area contributed by atoms with Gasteiger partial charge in [0.25, 0.3) is 5.69 Å². The maximum atomic E-state index is 14.1. The highest BCUT2D eigenvalue weighted by atomic mass is 35.5. The number of hydrogen-bond acceptors (Lipinski definition) is 5. The number of non-ortho nitro benzene ring substituents is 1. The van der Waals surface area contributed by atoms with Crippen LogP contribution < -0.4 is 0 Å². The molecule has 0 aliphatic carbocycles. The zero-order chi connectivity index (χ0) is 17.3. The number of hydrogen-bond donors (Lipinski definition) is 1. The van der Waals surface area contributed by atoms with E-state index in [9.17, 15) is 19.6 Å². The van der Waals surface area contributed by atoms with Gasteiger partial charge in [0.1, 0.15) is 11.5 Å². The summed E-state index contributed by atoms with van der Waals surface area (Å²) in [7, 11) is 0. The summed E-state index contributed by atoms with van der Waals surface area (Å²) in [6, 6.07) is 9.81. The van der Waals surface area contributed by atoms with E-state index in [1.165, 1.54) is 36.4 Å². The second kappa shape index (κ2) is 6.38. The second-order valence-corrected chi connectivity index (χ2v) is 5.31. The Morgan fingerprint density at radius 3 is 2.71 bits per heavy atom. The van der Waals surface area contributed by atoms with E-state index in [2.05, 4.69) is 5.16 Å². The number of halogens is 2. The van der Waals surface area contributed by atoms with Crippen LogP contribution in [0.25, 0.3) is 22.6 Å². The summed E-state index contributed by atoms with van der Waals surface area (Å²) in [6.07, 6.45) is 0. The van der Waals surface area contributed by atoms with Crippen molar-refractivity contribution in [3.05, 3.63) is 69.0 Å². The topological polar surface area (TPSA) is 89.4 Å². The molecule has 0 fully saturated rings. The minimum Gasteiger partial charge on any atom is -0.391 e. The van der Waals surface area contributed by atoms with Gasteiger partial charge in [-0.2, -0.15) is 0 Å². The largest absolute Gasteiger partial charge is 0.391 e. The van der Waals surface area contributed by atoms with Crippen molar-refractivity contribution in [2.45, 2.75) is 6.61 Å². The van der Waals surface area contributed by atoms with E-state index in [0.29, 0.717) is 5.56 Å². The Bertz CT molecular complexity index is 906. The predicted molar refractivity (Wildman–Crippen MR) is 84.9 cm³/mol. The molecule has 1 heterocycles. The first-order valence-electron chi connectivity index (χ1n) is 6.81. The number of nitro groups is 1. The van der Waals surface area contributed by atoms with E-state index in [0.717, 1.165) is 0 Å². The van der Waals surface area contributed by atoms with Crippen molar-refractivity contribution in [1.82, 2.24) is 5.16 Å². The lowest BCUT2D eigenvalue weighted by molar-refractivity contribution is -0.384. The number of nitrogens with zero attached hydrogens (tertiary/aromatic N) is 2. The Hall–Kier alpha value is -2.77. The van der Waals surface area contributed by atoms with E-state index < -0.39 is 17.3 Å². The monoisotopic (exact) mass is 348 g/mol. The van der Waals surface area contributed by atoms with Gasteiger partial charge in [-0.3, -0.25) is 10.1 Å². The van der Waals surface area contributed by atoms with Gasteiger partial charge in [0.2, 0.25) is 0 Å². The summed E-state index contributed by atoms with van der Waals surface area (Å²) >= 11 is 6.02. The highest BCUT2D eigenvalue weighted by Crippen LogP contribution is 2.37. The molecule has 3 rings (SSSR count). The quantitative estimate of drug-likeness (QED) is 0.563. The van der Waals surface area contributed by atoms with E-state index in [4.69, 9.17) is 16.1 Å². The minimum absolute atomic E-state index is 0.00338. The SMILES string of the molecule is O=[N+]([O-])c1cccc(-c2onc(-c3c(F)cccc3Cl)c2CO)c1. The van der Waals surface area contributed by atoms with Crippen molar-refractivity contribution >= 4 is 17.3 Å². The third-order valence-electron chi connectivity index (χ3n) is 3.46. The normalized spacial score (nSPS) is 10.8. The van der Waals surface area contributed by atoms with Gasteiger partial charge >= 0.3 is 0 Å². The molecule has 0 spiro atoms. The van der Waals surface area contributed by atoms with Gasteiger partial charge in [-0.05, 0) is 12.1 Å². The summed E-state index contributed by atoms with van der Waals surface area (Å²) < 4.78 is 19.3. The maximum absolute atomic E-state index is 14.1. The van der Waals surface area contributed by atoms with Gasteiger partial charge in [-0.25, -0.2) is 4.39 Å². The Morgan fingerprint density at radius 1 is 1.29 bits per heavy atom. The molecule has 122 valence electrons. The van der Waals surface area contributed by atoms with Crippen LogP contribution in [-0.4, -0.2) is 15.2 Å². The van der Waals surface area contributed by atoms with Crippen molar-refractivity contribution in [3.8, 4) is 22.6 Å². The van der Waals surface area contributed by atoms with Gasteiger partial charge in [0.15, 0.2) is 5.76 Å². The average Bonchev–Trinajstić information content (AvgIpc) is 2.98. The zero-order valence-corrected chi connectivity index (χ0v) is 12.8. The van der Waals surface area contributed by atoms with Crippen molar-refractivity contribution in [1.29, 1.82) is 0 Å². The van der Waals surface area contributed by atoms with Crippen LogP contribution in [0.3, 0.4) is 0 Å². The fourth-order valence-electron chi connectivity index (χ4n) is 2.36. The van der Waals surface area contributed by atoms with E-state index >= 15 is 0 Å². The van der Waals surface area contributed by atoms with Gasteiger partial charge in [0.05, 0.1) is 27.7 Å². The zero-order valence-electron chi connectivity index (χ0n) is 12.1. The van der Waals surface area contributed by atoms with Crippen LogP contribution in [0.4, 0.5) is 10.1 Å². The first kappa shape index (κ1) is 16.1. The number of benzene rings is 2. The van der Waals surface area contributed by atoms with Crippen LogP contribution >= 0.6 is 11.6 Å². The summed E-state index contributed by atoms with van der Waals surface area (Å²) in [5.41, 5.74) is 0.464. The van der Waals surface area contributed by atoms with E-state index in [-0.39, 0.29) is 33.3 Å². The van der Waals surface area contributed by atoms with Crippen molar-refractivity contribution in [3.63, 3.8) is 0 Å². The molecule has 3 aromatic rings. The molecule has 0 saturated carbocycles. The molecule has 0 amide bonds. The molecule has 8 heteroatoms. The fourth-order valence-corrected chi connectivity index (χ4v) is 2.62. The van der Waals surface area contributed by atoms with Crippen LogP contribution in [0.1, 0.15) is 5.56 Å². The standard InChI is InChI=1S/C16H10ClFN2O4/c17-12-5-2-6-13(18)14(12)15-11(8-21)16(24-19-15)9-3-1-4-10(7-9)20(22)23/h1-7,21H,8H2. The van der Waals surface area contributed by atoms with Crippen LogP contribution in [0, 0.1) is 15.9 Å². The second-order valence-electron chi connectivity index (χ2n) is 4.90. The predicted octanol–water partition coefficient (Wildman–Crippen LogP) is 4.20. The fraction of sp³-hybridized carbons (Fsp3) is 0.0625. The average molecular weight is 349 g/mol. The molecule has 1 aromatic heterocycles. The van der Waals surface area contributed by atoms with E-state index in [1.54, 1.807) is 6.07 Å². The van der Waals surface area contributed by atoms with Gasteiger partial charge < -0.3 is 9.63 Å². The number of aliphatic hydroxyl groups is 1. The third kappa shape index (κ3) is 2.75. The Labute approximate surface area is 140 Å². The number of rotatable bonds is 4. The Balaban J connectivity index is 2.18. The highest BCUT2D eigenvalue weighted by Gasteiger charge is 2.23. The molecule has 1 N–H and O–H groups in total. The van der Waals surface area contributed by atoms with Gasteiger partial charge in [0, 0.05) is 17.7 Å². The van der Waals surface area contributed by atoms with Crippen LogP contribution in [0.15, 0.2) is 47.0 Å². The van der Waals surface area contributed by atoms with Gasteiger partial charge in [-0.1, -0.05) is 35.0 Å². The Kier molecular flexibility index (Phi) is 4.28. The molecule has 0 saturated heterocycles. The lowest BCUT2D eigenvalue weighted by Crippen LogP contribution is -1.93. The smallest absolute Gasteiger partial charge is 0.270 e. The molecular formula is C16H10ClFN2O4. The van der Waals surface area contributed by atoms with E-state index in [1.807, 2.05) is 0 Å². The summed E-state index contributed by atoms with van der Waals surface area (Å²) in [4.78, 5) is 10.3. The lowest BCUT2D eigenvalue weighted by Gasteiger charge is -2.04. The van der Waals surface area contributed by atoms with Crippen molar-refractivity contribution in [2.75, 3.05) is 0 Å². The molecule has 0 aliphatic rings. The Morgan fingerprint density at radius 2 is 2.04 bits per heavy atom. The first-order chi connectivity index (χ1) is 11.5. The van der Waals surface area contributed by atoms with Gasteiger partial charge in [-0.15, -0.1) is 0 Å². The lowest BCUT2D eigenvalue weighted by atomic mass is 10.0. The van der Waals surface area contributed by atoms with Crippen LogP contribution in [0.2, 0.25) is 5.02 Å². The van der Waals surface area contributed by atoms with Crippen LogP contribution in [0.5, 0.6) is 0 Å². The molecule has 0 unspecified atom stereocenters. The molecule has 0 radical (unpaired) electrons. The molecule has 2 aromatic carbocycles. The van der Waals surface area contributed by atoms with Crippen LogP contribution in [-0.2, 0) is 6.61 Å². The number of aliphatic hydroxyl groups excluding tert-OH is 1. The molecule has 0 bridgehead atoms. The maximum Gasteiger partial charge on any atom is 0.270 e.